The van der Waals surface area contributed by atoms with Gasteiger partial charge in [-0.05, 0) is 44.4 Å². The van der Waals surface area contributed by atoms with Crippen LogP contribution < -0.4 is 5.73 Å². The Morgan fingerprint density at radius 2 is 2.05 bits per heavy atom. The fraction of sp³-hybridized carbons (Fsp3) is 0.533. The van der Waals surface area contributed by atoms with Crippen molar-refractivity contribution in [2.45, 2.75) is 38.1 Å². The SMILES string of the molecule is CCN(CC)C(=O)C1(c2cccc(F)c2)CC(N)C1. The monoisotopic (exact) mass is 264 g/mol. The Labute approximate surface area is 113 Å². The van der Waals surface area contributed by atoms with Gasteiger partial charge in [0.05, 0.1) is 5.41 Å². The zero-order valence-corrected chi connectivity index (χ0v) is 11.5. The molecule has 3 nitrogen and oxygen atoms in total. The van der Waals surface area contributed by atoms with E-state index in [1.165, 1.54) is 12.1 Å². The fourth-order valence-electron chi connectivity index (χ4n) is 2.97. The third-order valence-corrected chi connectivity index (χ3v) is 4.06. The number of likely N-dealkylation sites (N-methyl/N-ethyl adjacent to an activating group) is 1. The van der Waals surface area contributed by atoms with E-state index >= 15 is 0 Å². The lowest BCUT2D eigenvalue weighted by Gasteiger charge is -2.47. The molecule has 0 unspecified atom stereocenters. The molecule has 104 valence electrons. The number of hydrogen-bond acceptors (Lipinski definition) is 2. The first-order valence-electron chi connectivity index (χ1n) is 6.84. The molecule has 0 spiro atoms. The standard InChI is InChI=1S/C15H21FN2O/c1-3-18(4-2)14(19)15(9-13(17)10-15)11-6-5-7-12(16)8-11/h5-8,13H,3-4,9-10,17H2,1-2H3. The van der Waals surface area contributed by atoms with Gasteiger partial charge in [0.1, 0.15) is 5.82 Å². The Morgan fingerprint density at radius 3 is 2.53 bits per heavy atom. The van der Waals surface area contributed by atoms with Crippen molar-refractivity contribution < 1.29 is 9.18 Å². The highest BCUT2D eigenvalue weighted by atomic mass is 19.1. The summed E-state index contributed by atoms with van der Waals surface area (Å²) >= 11 is 0. The Kier molecular flexibility index (Phi) is 3.90. The Hall–Kier alpha value is -1.42. The molecule has 0 heterocycles. The van der Waals surface area contributed by atoms with Crippen molar-refractivity contribution in [3.05, 3.63) is 35.6 Å². The van der Waals surface area contributed by atoms with Gasteiger partial charge in [-0.25, -0.2) is 4.39 Å². The van der Waals surface area contributed by atoms with Gasteiger partial charge >= 0.3 is 0 Å². The predicted molar refractivity (Wildman–Crippen MR) is 73.2 cm³/mol. The second-order valence-corrected chi connectivity index (χ2v) is 5.24. The number of halogens is 1. The first-order valence-corrected chi connectivity index (χ1v) is 6.84. The van der Waals surface area contributed by atoms with E-state index in [0.717, 1.165) is 5.56 Å². The minimum atomic E-state index is -0.618. The second kappa shape index (κ2) is 5.29. The number of carbonyl (C=O) groups excluding carboxylic acids is 1. The van der Waals surface area contributed by atoms with Crippen LogP contribution in [0.4, 0.5) is 4.39 Å². The first-order chi connectivity index (χ1) is 9.03. The third-order valence-electron chi connectivity index (χ3n) is 4.06. The van der Waals surface area contributed by atoms with Gasteiger partial charge in [-0.3, -0.25) is 4.79 Å². The van der Waals surface area contributed by atoms with Crippen LogP contribution in [0, 0.1) is 5.82 Å². The Bertz CT molecular complexity index is 465. The van der Waals surface area contributed by atoms with E-state index in [9.17, 15) is 9.18 Å². The zero-order chi connectivity index (χ0) is 14.0. The molecule has 1 aromatic rings. The van der Waals surface area contributed by atoms with E-state index in [2.05, 4.69) is 0 Å². The van der Waals surface area contributed by atoms with Gasteiger partial charge in [-0.15, -0.1) is 0 Å². The number of nitrogens with zero attached hydrogens (tertiary/aromatic N) is 1. The molecule has 2 N–H and O–H groups in total. The summed E-state index contributed by atoms with van der Waals surface area (Å²) in [4.78, 5) is 14.5. The van der Waals surface area contributed by atoms with Crippen LogP contribution in [0.1, 0.15) is 32.3 Å². The highest BCUT2D eigenvalue weighted by Crippen LogP contribution is 2.44. The van der Waals surface area contributed by atoms with Crippen molar-refractivity contribution in [3.8, 4) is 0 Å². The maximum Gasteiger partial charge on any atom is 0.233 e. The van der Waals surface area contributed by atoms with Gasteiger partial charge in [0.15, 0.2) is 0 Å². The molecule has 19 heavy (non-hydrogen) atoms. The third kappa shape index (κ3) is 2.37. The maximum atomic E-state index is 13.4. The van der Waals surface area contributed by atoms with Gasteiger partial charge in [0.25, 0.3) is 0 Å². The molecular formula is C15H21FN2O. The number of benzene rings is 1. The van der Waals surface area contributed by atoms with Crippen molar-refractivity contribution in [1.82, 2.24) is 4.90 Å². The van der Waals surface area contributed by atoms with Crippen LogP contribution in [-0.4, -0.2) is 29.9 Å². The second-order valence-electron chi connectivity index (χ2n) is 5.24. The topological polar surface area (TPSA) is 46.3 Å². The van der Waals surface area contributed by atoms with Crippen molar-refractivity contribution in [2.75, 3.05) is 13.1 Å². The number of nitrogens with two attached hydrogens (primary N) is 1. The quantitative estimate of drug-likeness (QED) is 0.904. The minimum Gasteiger partial charge on any atom is -0.342 e. The van der Waals surface area contributed by atoms with E-state index in [4.69, 9.17) is 5.73 Å². The molecule has 1 fully saturated rings. The Morgan fingerprint density at radius 1 is 1.42 bits per heavy atom. The summed E-state index contributed by atoms with van der Waals surface area (Å²) in [6, 6.07) is 6.38. The molecule has 0 bridgehead atoms. The molecule has 0 atom stereocenters. The lowest BCUT2D eigenvalue weighted by molar-refractivity contribution is -0.141. The van der Waals surface area contributed by atoms with E-state index in [1.807, 2.05) is 19.9 Å². The molecule has 0 aliphatic heterocycles. The average molecular weight is 264 g/mol. The average Bonchev–Trinajstić information content (AvgIpc) is 2.36. The summed E-state index contributed by atoms with van der Waals surface area (Å²) in [7, 11) is 0. The molecular weight excluding hydrogens is 243 g/mol. The summed E-state index contributed by atoms with van der Waals surface area (Å²) in [5.74, 6) is -0.227. The largest absolute Gasteiger partial charge is 0.342 e. The van der Waals surface area contributed by atoms with Gasteiger partial charge in [-0.2, -0.15) is 0 Å². The molecule has 1 aromatic carbocycles. The van der Waals surface area contributed by atoms with E-state index < -0.39 is 5.41 Å². The lowest BCUT2D eigenvalue weighted by Crippen LogP contribution is -2.58. The molecule has 1 aliphatic carbocycles. The number of carbonyl (C=O) groups is 1. The fourth-order valence-corrected chi connectivity index (χ4v) is 2.97. The molecule has 0 aromatic heterocycles. The van der Waals surface area contributed by atoms with Crippen LogP contribution in [0.5, 0.6) is 0 Å². The van der Waals surface area contributed by atoms with E-state index in [-0.39, 0.29) is 17.8 Å². The van der Waals surface area contributed by atoms with Gasteiger partial charge < -0.3 is 10.6 Å². The van der Waals surface area contributed by atoms with Crippen LogP contribution in [-0.2, 0) is 10.2 Å². The molecule has 4 heteroatoms. The lowest BCUT2D eigenvalue weighted by atomic mass is 9.61. The first kappa shape index (κ1) is 14.0. The van der Waals surface area contributed by atoms with Gasteiger partial charge in [-0.1, -0.05) is 12.1 Å². The van der Waals surface area contributed by atoms with Gasteiger partial charge in [0.2, 0.25) is 5.91 Å². The van der Waals surface area contributed by atoms with Crippen molar-refractivity contribution in [2.24, 2.45) is 5.73 Å². The van der Waals surface area contributed by atoms with Crippen LogP contribution in [0.15, 0.2) is 24.3 Å². The predicted octanol–water partition coefficient (Wildman–Crippen LogP) is 2.05. The number of hydrogen-bond donors (Lipinski definition) is 1. The van der Waals surface area contributed by atoms with E-state index in [0.29, 0.717) is 25.9 Å². The van der Waals surface area contributed by atoms with E-state index in [1.54, 1.807) is 11.0 Å². The van der Waals surface area contributed by atoms with Crippen molar-refractivity contribution in [3.63, 3.8) is 0 Å². The van der Waals surface area contributed by atoms with Gasteiger partial charge in [0, 0.05) is 19.1 Å². The van der Waals surface area contributed by atoms with Crippen LogP contribution in [0.25, 0.3) is 0 Å². The number of rotatable bonds is 4. The summed E-state index contributed by atoms with van der Waals surface area (Å²) in [5.41, 5.74) is 6.02. The van der Waals surface area contributed by atoms with Crippen LogP contribution in [0.3, 0.4) is 0 Å². The maximum absolute atomic E-state index is 13.4. The van der Waals surface area contributed by atoms with Crippen LogP contribution >= 0.6 is 0 Å². The zero-order valence-electron chi connectivity index (χ0n) is 11.5. The number of amides is 1. The normalized spacial score (nSPS) is 25.8. The molecule has 0 radical (unpaired) electrons. The highest BCUT2D eigenvalue weighted by Gasteiger charge is 2.51. The molecule has 1 aliphatic rings. The van der Waals surface area contributed by atoms with Crippen molar-refractivity contribution >= 4 is 5.91 Å². The molecule has 1 amide bonds. The summed E-state index contributed by atoms with van der Waals surface area (Å²) in [6.07, 6.45) is 1.21. The molecule has 0 saturated heterocycles. The minimum absolute atomic E-state index is 0.0304. The molecule has 1 saturated carbocycles. The summed E-state index contributed by atoms with van der Waals surface area (Å²) in [5, 5.41) is 0. The van der Waals surface area contributed by atoms with Crippen LogP contribution in [0.2, 0.25) is 0 Å². The Balaban J connectivity index is 2.36. The highest BCUT2D eigenvalue weighted by molar-refractivity contribution is 5.89. The molecule has 2 rings (SSSR count). The smallest absolute Gasteiger partial charge is 0.233 e. The van der Waals surface area contributed by atoms with Crippen molar-refractivity contribution in [1.29, 1.82) is 0 Å². The summed E-state index contributed by atoms with van der Waals surface area (Å²) in [6.45, 7) is 5.25. The summed E-state index contributed by atoms with van der Waals surface area (Å²) < 4.78 is 13.4.